The van der Waals surface area contributed by atoms with Crippen molar-refractivity contribution in [1.29, 1.82) is 0 Å². The molecule has 1 saturated heterocycles. The molecule has 2 N–H and O–H groups in total. The van der Waals surface area contributed by atoms with Gasteiger partial charge in [0.05, 0.1) is 21.2 Å². The highest BCUT2D eigenvalue weighted by molar-refractivity contribution is 9.10. The molecule has 3 aromatic rings. The summed E-state index contributed by atoms with van der Waals surface area (Å²) in [7, 11) is -3.39. The zero-order valence-corrected chi connectivity index (χ0v) is 25.4. The van der Waals surface area contributed by atoms with Gasteiger partial charge in [-0.3, -0.25) is 0 Å². The number of thiophene rings is 1. The molecule has 12 heteroatoms. The second kappa shape index (κ2) is 13.2. The molecule has 1 aliphatic rings. The number of anilines is 1. The average Bonchev–Trinajstić information content (AvgIpc) is 3.24. The molecule has 0 radical (unpaired) electrons. The predicted molar refractivity (Wildman–Crippen MR) is 158 cm³/mol. The Labute approximate surface area is 246 Å². The number of rotatable bonds is 11. The molecule has 0 aliphatic carbocycles. The number of hydrogen-bond donors (Lipinski definition) is 2. The van der Waals surface area contributed by atoms with E-state index in [1.165, 1.54) is 0 Å². The van der Waals surface area contributed by atoms with Gasteiger partial charge < -0.3 is 19.9 Å². The Morgan fingerprint density at radius 1 is 1.12 bits per heavy atom. The number of carboxylic acids is 1. The lowest BCUT2D eigenvalue weighted by Gasteiger charge is -2.32. The molecular weight excluding hydrogens is 620 g/mol. The van der Waals surface area contributed by atoms with E-state index in [1.54, 1.807) is 18.2 Å². The van der Waals surface area contributed by atoms with Crippen LogP contribution in [0.1, 0.15) is 41.9 Å². The van der Waals surface area contributed by atoms with Gasteiger partial charge in [-0.25, -0.2) is 22.3 Å². The predicted octanol–water partition coefficient (Wildman–Crippen LogP) is 5.61. The van der Waals surface area contributed by atoms with E-state index in [0.29, 0.717) is 35.3 Å². The van der Waals surface area contributed by atoms with Crippen LogP contribution in [-0.2, 0) is 25.3 Å². The quantitative estimate of drug-likeness (QED) is 0.257. The first kappa shape index (κ1) is 30.0. The molecule has 0 atom stereocenters. The minimum atomic E-state index is -3.39. The summed E-state index contributed by atoms with van der Waals surface area (Å²) in [6.45, 7) is 3.75. The van der Waals surface area contributed by atoms with Crippen LogP contribution in [0.4, 0.5) is 5.69 Å². The number of nitrogens with one attached hydrogen (secondary N) is 1. The number of benzene rings is 2. The summed E-state index contributed by atoms with van der Waals surface area (Å²) in [5.74, 6) is -1.62. The van der Waals surface area contributed by atoms with Crippen molar-refractivity contribution in [3.63, 3.8) is 0 Å². The number of ether oxygens (including phenoxy) is 2. The molecule has 1 fully saturated rings. The van der Waals surface area contributed by atoms with Crippen molar-refractivity contribution in [2.24, 2.45) is 0 Å². The smallest absolute Gasteiger partial charge is 0.352 e. The zero-order valence-electron chi connectivity index (χ0n) is 22.1. The highest BCUT2D eigenvalue weighted by Gasteiger charge is 2.29. The van der Waals surface area contributed by atoms with Crippen LogP contribution in [0.15, 0.2) is 59.1 Å². The number of sulfonamides is 1. The normalized spacial score (nSPS) is 14.7. The summed E-state index contributed by atoms with van der Waals surface area (Å²) in [5, 5.41) is 12.6. The Hall–Kier alpha value is -2.93. The summed E-state index contributed by atoms with van der Waals surface area (Å²) in [6, 6.07) is 16.9. The third kappa shape index (κ3) is 7.62. The van der Waals surface area contributed by atoms with Gasteiger partial charge in [0.25, 0.3) is 0 Å². The van der Waals surface area contributed by atoms with Gasteiger partial charge in [-0.1, -0.05) is 42.5 Å². The molecule has 40 heavy (non-hydrogen) atoms. The van der Waals surface area contributed by atoms with Gasteiger partial charge in [-0.2, -0.15) is 0 Å². The minimum absolute atomic E-state index is 0.00542. The first-order valence-corrected chi connectivity index (χ1v) is 16.0. The van der Waals surface area contributed by atoms with Gasteiger partial charge in [-0.05, 0) is 65.9 Å². The van der Waals surface area contributed by atoms with Crippen molar-refractivity contribution in [3.05, 3.63) is 69.5 Å². The lowest BCUT2D eigenvalue weighted by atomic mass is 10.1. The molecule has 0 spiro atoms. The monoisotopic (exact) mass is 650 g/mol. The number of hydrogen-bond acceptors (Lipinski definition) is 8. The van der Waals surface area contributed by atoms with Crippen LogP contribution in [0.5, 0.6) is 5.75 Å². The molecule has 4 rings (SSSR count). The van der Waals surface area contributed by atoms with Crippen LogP contribution in [0.25, 0.3) is 10.4 Å². The van der Waals surface area contributed by atoms with Gasteiger partial charge >= 0.3 is 11.9 Å². The molecule has 0 saturated carbocycles. The molecule has 2 aromatic carbocycles. The molecule has 214 valence electrons. The van der Waals surface area contributed by atoms with E-state index >= 15 is 0 Å². The molecule has 1 aliphatic heterocycles. The Morgan fingerprint density at radius 2 is 1.82 bits per heavy atom. The summed E-state index contributed by atoms with van der Waals surface area (Å²) in [6.07, 6.45) is 0.981. The molecular formula is C28H31BrN2O7S2. The molecule has 0 amide bonds. The molecule has 2 heterocycles. The number of halogens is 1. The first-order chi connectivity index (χ1) is 19.0. The fourth-order valence-corrected chi connectivity index (χ4v) is 7.88. The van der Waals surface area contributed by atoms with Gasteiger partial charge in [0.2, 0.25) is 10.0 Å². The van der Waals surface area contributed by atoms with Crippen molar-refractivity contribution in [2.45, 2.75) is 44.6 Å². The van der Waals surface area contributed by atoms with Crippen molar-refractivity contribution < 1.29 is 32.6 Å². The van der Waals surface area contributed by atoms with Gasteiger partial charge in [-0.15, -0.1) is 11.3 Å². The maximum Gasteiger partial charge on any atom is 0.352 e. The van der Waals surface area contributed by atoms with E-state index in [1.807, 2.05) is 54.6 Å². The standard InChI is InChI=1S/C28H31BrN2O7S2/c1-18(2)38-28(34)27-25(37-16-23(32)33)24(29)26(39-27)20-9-6-10-22(15-20)30-21-11-13-31(14-12-21)40(35,36)17-19-7-4-3-5-8-19/h3-10,15,18,21,30H,11-14,16-17H2,1-2H3,(H,32,33). The minimum Gasteiger partial charge on any atom is -0.479 e. The van der Waals surface area contributed by atoms with E-state index in [2.05, 4.69) is 21.2 Å². The van der Waals surface area contributed by atoms with Crippen molar-refractivity contribution in [2.75, 3.05) is 25.0 Å². The summed E-state index contributed by atoms with van der Waals surface area (Å²) < 4.78 is 38.6. The fourth-order valence-electron chi connectivity index (χ4n) is 4.39. The Balaban J connectivity index is 1.46. The lowest BCUT2D eigenvalue weighted by Crippen LogP contribution is -2.42. The van der Waals surface area contributed by atoms with Crippen LogP contribution < -0.4 is 10.1 Å². The highest BCUT2D eigenvalue weighted by Crippen LogP contribution is 2.46. The van der Waals surface area contributed by atoms with Gasteiger partial charge in [0, 0.05) is 24.8 Å². The Bertz CT molecular complexity index is 1450. The largest absolute Gasteiger partial charge is 0.479 e. The molecule has 9 nitrogen and oxygen atoms in total. The number of piperidine rings is 1. The molecule has 0 bridgehead atoms. The van der Waals surface area contributed by atoms with E-state index in [9.17, 15) is 18.0 Å². The van der Waals surface area contributed by atoms with Crippen LogP contribution in [0.2, 0.25) is 0 Å². The summed E-state index contributed by atoms with van der Waals surface area (Å²) in [5.41, 5.74) is 2.42. The van der Waals surface area contributed by atoms with E-state index in [-0.39, 0.29) is 28.5 Å². The SMILES string of the molecule is CC(C)OC(=O)c1sc(-c2cccc(NC3CCN(S(=O)(=O)Cc4ccccc4)CC3)c2)c(Br)c1OCC(=O)O. The van der Waals surface area contributed by atoms with Crippen LogP contribution in [-0.4, -0.2) is 61.6 Å². The molecule has 1 aromatic heterocycles. The van der Waals surface area contributed by atoms with E-state index < -0.39 is 28.6 Å². The van der Waals surface area contributed by atoms with E-state index in [4.69, 9.17) is 14.6 Å². The maximum absolute atomic E-state index is 12.9. The fraction of sp³-hybridized carbons (Fsp3) is 0.357. The van der Waals surface area contributed by atoms with Crippen molar-refractivity contribution >= 4 is 54.9 Å². The number of carboxylic acid groups (broad SMARTS) is 1. The van der Waals surface area contributed by atoms with Gasteiger partial charge in [0.1, 0.15) is 0 Å². The summed E-state index contributed by atoms with van der Waals surface area (Å²) >= 11 is 4.66. The van der Waals surface area contributed by atoms with Crippen molar-refractivity contribution in [3.8, 4) is 16.2 Å². The number of carbonyl (C=O) groups is 2. The zero-order chi connectivity index (χ0) is 28.9. The van der Waals surface area contributed by atoms with Crippen LogP contribution in [0.3, 0.4) is 0 Å². The van der Waals surface area contributed by atoms with Crippen LogP contribution >= 0.6 is 27.3 Å². The maximum atomic E-state index is 12.9. The van der Waals surface area contributed by atoms with Gasteiger partial charge in [0.15, 0.2) is 17.2 Å². The average molecular weight is 652 g/mol. The summed E-state index contributed by atoms with van der Waals surface area (Å²) in [4.78, 5) is 24.7. The Morgan fingerprint density at radius 3 is 2.48 bits per heavy atom. The van der Waals surface area contributed by atoms with Crippen molar-refractivity contribution in [1.82, 2.24) is 4.31 Å². The topological polar surface area (TPSA) is 122 Å². The first-order valence-electron chi connectivity index (χ1n) is 12.8. The Kier molecular flexibility index (Phi) is 9.88. The van der Waals surface area contributed by atoms with Crippen LogP contribution in [0, 0.1) is 0 Å². The third-order valence-electron chi connectivity index (χ3n) is 6.21. The second-order valence-corrected chi connectivity index (χ2v) is 13.5. The highest BCUT2D eigenvalue weighted by atomic mass is 79.9. The number of esters is 1. The molecule has 0 unspecified atom stereocenters. The number of carbonyl (C=O) groups excluding carboxylic acids is 1. The number of aliphatic carboxylic acids is 1. The third-order valence-corrected chi connectivity index (χ3v) is 10.3. The number of nitrogens with zero attached hydrogens (tertiary/aromatic N) is 1. The lowest BCUT2D eigenvalue weighted by molar-refractivity contribution is -0.139. The second-order valence-electron chi connectivity index (χ2n) is 9.68. The van der Waals surface area contributed by atoms with E-state index in [0.717, 1.165) is 28.2 Å².